The lowest BCUT2D eigenvalue weighted by Gasteiger charge is -2.12. The van der Waals surface area contributed by atoms with Gasteiger partial charge in [0.05, 0.1) is 0 Å². The topological polar surface area (TPSA) is 58.9 Å². The summed E-state index contributed by atoms with van der Waals surface area (Å²) < 4.78 is 40.6. The van der Waals surface area contributed by atoms with E-state index < -0.39 is 18.4 Å². The number of nitrogens with zero attached hydrogens (tertiary/aromatic N) is 1. The first-order valence-corrected chi connectivity index (χ1v) is 6.14. The van der Waals surface area contributed by atoms with E-state index in [-0.39, 0.29) is 22.1 Å². The molecule has 8 heteroatoms. The van der Waals surface area contributed by atoms with Gasteiger partial charge in [-0.25, -0.2) is 4.79 Å². The third-order valence-corrected chi connectivity index (χ3v) is 3.36. The second-order valence-electron chi connectivity index (χ2n) is 3.64. The van der Waals surface area contributed by atoms with E-state index in [0.717, 1.165) is 11.8 Å². The maximum Gasteiger partial charge on any atom is 0.573 e. The zero-order valence-electron chi connectivity index (χ0n) is 9.35. The molecule has 0 saturated carbocycles. The largest absolute Gasteiger partial charge is 0.573 e. The van der Waals surface area contributed by atoms with E-state index in [0.29, 0.717) is 0 Å². The summed E-state index contributed by atoms with van der Waals surface area (Å²) >= 11 is 1.09. The van der Waals surface area contributed by atoms with Crippen LogP contribution in [0, 0.1) is 0 Å². The third-order valence-electron chi connectivity index (χ3n) is 2.28. The van der Waals surface area contributed by atoms with Gasteiger partial charge in [-0.3, -0.25) is 4.99 Å². The molecule has 102 valence electrons. The highest BCUT2D eigenvalue weighted by atomic mass is 32.2. The predicted molar refractivity (Wildman–Crippen MR) is 63.5 cm³/mol. The van der Waals surface area contributed by atoms with E-state index in [9.17, 15) is 18.0 Å². The number of halogens is 3. The second kappa shape index (κ2) is 5.12. The molecule has 0 bridgehead atoms. The van der Waals surface area contributed by atoms with Gasteiger partial charge in [-0.2, -0.15) is 0 Å². The molecule has 1 heterocycles. The Kier molecular flexibility index (Phi) is 3.70. The Morgan fingerprint density at radius 1 is 1.42 bits per heavy atom. The highest BCUT2D eigenvalue weighted by Crippen LogP contribution is 2.32. The number of benzene rings is 1. The minimum Gasteiger partial charge on any atom is -0.480 e. The monoisotopic (exact) mass is 291 g/mol. The molecule has 4 nitrogen and oxygen atoms in total. The number of aliphatic imine (C=N–C) groups is 1. The Hall–Kier alpha value is -1.70. The zero-order valence-corrected chi connectivity index (χ0v) is 10.2. The summed E-state index contributed by atoms with van der Waals surface area (Å²) in [7, 11) is 0. The lowest BCUT2D eigenvalue weighted by atomic mass is 10.2. The van der Waals surface area contributed by atoms with E-state index in [4.69, 9.17) is 5.11 Å². The van der Waals surface area contributed by atoms with Gasteiger partial charge < -0.3 is 9.84 Å². The fourth-order valence-electron chi connectivity index (χ4n) is 1.50. The van der Waals surface area contributed by atoms with Gasteiger partial charge in [0.25, 0.3) is 0 Å². The lowest BCUT2D eigenvalue weighted by Crippen LogP contribution is -2.18. The number of aliphatic carboxylic acids is 1. The molecule has 1 aromatic rings. The fraction of sp³-hybridized carbons (Fsp3) is 0.273. The molecular formula is C11H8F3NO3S. The molecule has 0 radical (unpaired) electrons. The van der Waals surface area contributed by atoms with Crippen molar-refractivity contribution < 1.29 is 27.8 Å². The van der Waals surface area contributed by atoms with Gasteiger partial charge >= 0.3 is 12.3 Å². The Bertz CT molecular complexity index is 530. The summed E-state index contributed by atoms with van der Waals surface area (Å²) in [5.74, 6) is -1.28. The lowest BCUT2D eigenvalue weighted by molar-refractivity contribution is -0.274. The average molecular weight is 291 g/mol. The number of rotatable bonds is 3. The minimum absolute atomic E-state index is 0.147. The molecule has 0 saturated heterocycles. The predicted octanol–water partition coefficient (Wildman–Crippen LogP) is 2.53. The van der Waals surface area contributed by atoms with Crippen molar-refractivity contribution in [3.63, 3.8) is 0 Å². The van der Waals surface area contributed by atoms with Crippen LogP contribution in [0.1, 0.15) is 5.56 Å². The Morgan fingerprint density at radius 3 is 2.68 bits per heavy atom. The SMILES string of the molecule is O=C(O)C1CSC(c2ccccc2OC(F)(F)F)=N1. The first-order valence-electron chi connectivity index (χ1n) is 5.15. The average Bonchev–Trinajstić information content (AvgIpc) is 2.76. The maximum atomic E-state index is 12.3. The summed E-state index contributed by atoms with van der Waals surface area (Å²) in [5, 5.41) is 9.04. The van der Waals surface area contributed by atoms with Crippen molar-refractivity contribution >= 4 is 22.8 Å². The van der Waals surface area contributed by atoms with Crippen molar-refractivity contribution in [2.45, 2.75) is 12.4 Å². The standard InChI is InChI=1S/C11H8F3NO3S/c12-11(13,14)18-8-4-2-1-3-6(8)9-15-7(5-19-9)10(16)17/h1-4,7H,5H2,(H,16,17). The van der Waals surface area contributed by atoms with Crippen LogP contribution in [0.2, 0.25) is 0 Å². The number of carboxylic acids is 1. The second-order valence-corrected chi connectivity index (χ2v) is 4.65. The van der Waals surface area contributed by atoms with E-state index in [2.05, 4.69) is 9.73 Å². The number of hydrogen-bond donors (Lipinski definition) is 1. The van der Waals surface area contributed by atoms with E-state index in [1.54, 1.807) is 0 Å². The van der Waals surface area contributed by atoms with Crippen LogP contribution in [-0.2, 0) is 4.79 Å². The van der Waals surface area contributed by atoms with Gasteiger partial charge in [0.2, 0.25) is 0 Å². The molecular weight excluding hydrogens is 283 g/mol. The Balaban J connectivity index is 2.31. The van der Waals surface area contributed by atoms with Crippen LogP contribution in [0.5, 0.6) is 5.75 Å². The molecule has 1 unspecified atom stereocenters. The summed E-state index contributed by atoms with van der Waals surface area (Å²) in [6, 6.07) is 4.59. The molecule has 2 rings (SSSR count). The van der Waals surface area contributed by atoms with Gasteiger partial charge in [-0.05, 0) is 12.1 Å². The summed E-state index contributed by atoms with van der Waals surface area (Å²) in [5.41, 5.74) is 0.147. The van der Waals surface area contributed by atoms with Crippen LogP contribution in [0.15, 0.2) is 29.3 Å². The number of alkyl halides is 3. The van der Waals surface area contributed by atoms with Crippen molar-refractivity contribution in [3.05, 3.63) is 29.8 Å². The van der Waals surface area contributed by atoms with Crippen molar-refractivity contribution in [2.75, 3.05) is 5.75 Å². The van der Waals surface area contributed by atoms with Gasteiger partial charge in [0, 0.05) is 11.3 Å². The van der Waals surface area contributed by atoms with E-state index >= 15 is 0 Å². The van der Waals surface area contributed by atoms with Gasteiger partial charge in [-0.1, -0.05) is 12.1 Å². The van der Waals surface area contributed by atoms with E-state index in [1.165, 1.54) is 24.3 Å². The normalized spacial score (nSPS) is 19.1. The van der Waals surface area contributed by atoms with Crippen LogP contribution in [0.4, 0.5) is 13.2 Å². The first kappa shape index (κ1) is 13.7. The number of carbonyl (C=O) groups is 1. The minimum atomic E-state index is -4.80. The van der Waals surface area contributed by atoms with Crippen LogP contribution in [0.25, 0.3) is 0 Å². The molecule has 1 aliphatic heterocycles. The Morgan fingerprint density at radius 2 is 2.11 bits per heavy atom. The van der Waals surface area contributed by atoms with Crippen molar-refractivity contribution in [2.24, 2.45) is 4.99 Å². The van der Waals surface area contributed by atoms with Crippen molar-refractivity contribution in [3.8, 4) is 5.75 Å². The number of para-hydroxylation sites is 1. The van der Waals surface area contributed by atoms with Crippen LogP contribution >= 0.6 is 11.8 Å². The smallest absolute Gasteiger partial charge is 0.480 e. The van der Waals surface area contributed by atoms with Crippen LogP contribution < -0.4 is 4.74 Å². The molecule has 1 aromatic carbocycles. The number of carboxylic acid groups (broad SMARTS) is 1. The first-order chi connectivity index (χ1) is 8.87. The van der Waals surface area contributed by atoms with Gasteiger partial charge in [0.15, 0.2) is 6.04 Å². The molecule has 19 heavy (non-hydrogen) atoms. The number of thioether (sulfide) groups is 1. The van der Waals surface area contributed by atoms with Gasteiger partial charge in [-0.15, -0.1) is 24.9 Å². The summed E-state index contributed by atoms with van der Waals surface area (Å²) in [4.78, 5) is 14.6. The highest BCUT2D eigenvalue weighted by molar-refractivity contribution is 8.14. The molecule has 1 aliphatic rings. The van der Waals surface area contributed by atoms with Crippen LogP contribution in [-0.4, -0.2) is 34.3 Å². The van der Waals surface area contributed by atoms with Crippen molar-refractivity contribution in [1.82, 2.24) is 0 Å². The maximum absolute atomic E-state index is 12.3. The fourth-order valence-corrected chi connectivity index (χ4v) is 2.56. The Labute approximate surface area is 110 Å². The molecule has 0 amide bonds. The quantitative estimate of drug-likeness (QED) is 0.929. The van der Waals surface area contributed by atoms with Crippen molar-refractivity contribution in [1.29, 1.82) is 0 Å². The zero-order chi connectivity index (χ0) is 14.0. The molecule has 0 aromatic heterocycles. The molecule has 1 atom stereocenters. The molecule has 0 spiro atoms. The molecule has 1 N–H and O–H groups in total. The van der Waals surface area contributed by atoms with Crippen LogP contribution in [0.3, 0.4) is 0 Å². The third kappa shape index (κ3) is 3.40. The highest BCUT2D eigenvalue weighted by Gasteiger charge is 2.33. The van der Waals surface area contributed by atoms with Gasteiger partial charge in [0.1, 0.15) is 10.8 Å². The molecule has 0 fully saturated rings. The number of ether oxygens (including phenoxy) is 1. The number of hydrogen-bond acceptors (Lipinski definition) is 4. The summed E-state index contributed by atoms with van der Waals surface area (Å²) in [6.45, 7) is 0. The summed E-state index contributed by atoms with van der Waals surface area (Å²) in [6.07, 6.45) is -4.80. The molecule has 0 aliphatic carbocycles. The van der Waals surface area contributed by atoms with E-state index in [1.807, 2.05) is 0 Å².